The average molecular weight is 1950 g/mol. The van der Waals surface area contributed by atoms with Gasteiger partial charge in [0.15, 0.2) is 17.2 Å². The van der Waals surface area contributed by atoms with Crippen molar-refractivity contribution in [2.45, 2.75) is 236 Å². The number of fused-ring (bicyclic) bond motifs is 6. The number of allylic oxidation sites excluding steroid dienone is 5. The van der Waals surface area contributed by atoms with E-state index in [2.05, 4.69) is 73.5 Å². The van der Waals surface area contributed by atoms with Gasteiger partial charge in [0.05, 0.1) is 98.4 Å². The predicted octanol–water partition coefficient (Wildman–Crippen LogP) is 7.80. The van der Waals surface area contributed by atoms with E-state index in [-0.39, 0.29) is 118 Å². The number of aromatic nitrogens is 7. The molecule has 38 nitrogen and oxygen atoms in total. The fourth-order valence-electron chi connectivity index (χ4n) is 20.6. The van der Waals surface area contributed by atoms with E-state index in [9.17, 15) is 53.7 Å². The van der Waals surface area contributed by atoms with Crippen molar-refractivity contribution < 1.29 is 96.0 Å². The van der Waals surface area contributed by atoms with Gasteiger partial charge in [0, 0.05) is 179 Å². The first-order valence-electron chi connectivity index (χ1n) is 49.8. The number of nitrogens with two attached hydrogens (primary N) is 3. The Hall–Kier alpha value is -11.3. The van der Waals surface area contributed by atoms with Gasteiger partial charge in [-0.15, -0.1) is 0 Å². The molecule has 6 aliphatic heterocycles. The van der Waals surface area contributed by atoms with Gasteiger partial charge in [0.2, 0.25) is 29.3 Å². The summed E-state index contributed by atoms with van der Waals surface area (Å²) < 4.78 is 53.6. The zero-order valence-electron chi connectivity index (χ0n) is 82.5. The van der Waals surface area contributed by atoms with Gasteiger partial charge in [0.25, 0.3) is 17.7 Å². The van der Waals surface area contributed by atoms with Crippen molar-refractivity contribution in [2.75, 3.05) is 141 Å². The summed E-state index contributed by atoms with van der Waals surface area (Å²) >= 11 is 0. The van der Waals surface area contributed by atoms with Gasteiger partial charge in [-0.1, -0.05) is 82.4 Å². The second-order valence-electron chi connectivity index (χ2n) is 39.0. The van der Waals surface area contributed by atoms with E-state index in [0.717, 1.165) is 72.8 Å². The number of nitrogen functional groups attached to an aromatic ring is 2. The number of oxazole rings is 1. The van der Waals surface area contributed by atoms with E-state index < -0.39 is 114 Å². The van der Waals surface area contributed by atoms with Gasteiger partial charge < -0.3 is 105 Å². The molecule has 0 spiro atoms. The Morgan fingerprint density at radius 2 is 1.45 bits per heavy atom. The summed E-state index contributed by atoms with van der Waals surface area (Å²) in [6.45, 7) is 18.0. The number of hydrogen-bond acceptors (Lipinski definition) is 34. The molecule has 1 saturated carbocycles. The smallest absolute Gasteiger partial charge is 0.407 e. The van der Waals surface area contributed by atoms with E-state index in [0.29, 0.717) is 162 Å². The number of piperazine rings is 2. The molecular weight excluding hydrogens is 1810 g/mol. The molecular formula is C103H140N18O20. The van der Waals surface area contributed by atoms with Crippen molar-refractivity contribution >= 4 is 87.4 Å². The number of aliphatic hydroxyl groups excluding tert-OH is 2. The highest BCUT2D eigenvalue weighted by Gasteiger charge is 2.54. The minimum absolute atomic E-state index is 0.0192. The van der Waals surface area contributed by atoms with Gasteiger partial charge >= 0.3 is 12.1 Å². The molecule has 2 bridgehead atoms. The third-order valence-corrected chi connectivity index (χ3v) is 29.1. The molecule has 2 aromatic carbocycles. The molecule has 4 amide bonds. The highest BCUT2D eigenvalue weighted by Crippen LogP contribution is 2.41. The lowest BCUT2D eigenvalue weighted by atomic mass is 9.80. The Bertz CT molecular complexity index is 5470. The van der Waals surface area contributed by atoms with E-state index >= 15 is 0 Å². The minimum Gasteiger partial charge on any atom is -0.459 e. The molecule has 38 heteroatoms. The van der Waals surface area contributed by atoms with Gasteiger partial charge in [-0.2, -0.15) is 4.98 Å². The number of nitrogens with one attached hydrogen (secondary N) is 2. The summed E-state index contributed by atoms with van der Waals surface area (Å²) in [5, 5.41) is 40.6. The lowest BCUT2D eigenvalue weighted by Crippen LogP contribution is -2.61. The quantitative estimate of drug-likeness (QED) is 0.00763. The topological polar surface area (TPSA) is 505 Å². The number of carbonyl (C=O) groups is 8. The highest BCUT2D eigenvalue weighted by molar-refractivity contribution is 6.39. The first-order chi connectivity index (χ1) is 67.9. The monoisotopic (exact) mass is 1950 g/mol. The number of cyclic esters (lactones) is 1. The molecule has 18 atom stereocenters. The number of aryl methyl sites for hydroxylation is 1. The molecule has 10 heterocycles. The second kappa shape index (κ2) is 49.6. The van der Waals surface area contributed by atoms with Crippen LogP contribution in [-0.2, 0) is 92.5 Å². The number of ketones is 3. The zero-order valence-corrected chi connectivity index (χ0v) is 82.5. The largest absolute Gasteiger partial charge is 0.459 e. The Kier molecular flexibility index (Phi) is 37.1. The number of anilines is 4. The Morgan fingerprint density at radius 3 is 2.21 bits per heavy atom. The summed E-state index contributed by atoms with van der Waals surface area (Å²) in [6, 6.07) is 9.82. The zero-order chi connectivity index (χ0) is 100. The van der Waals surface area contributed by atoms with Crippen LogP contribution in [-0.4, -0.2) is 304 Å². The number of aliphatic hydroxyl groups is 3. The lowest BCUT2D eigenvalue weighted by molar-refractivity contribution is -0.265. The number of Topliss-reactive ketones (excluding diaryl/α,β-unsaturated/α-hetero) is 3. The molecule has 8 aliphatic rings. The molecule has 762 valence electrons. The molecule has 4 saturated heterocycles. The number of rotatable bonds is 28. The number of carbonyl (C=O) groups excluding carboxylic acids is 8. The third-order valence-electron chi connectivity index (χ3n) is 29.1. The fourth-order valence-corrected chi connectivity index (χ4v) is 20.6. The number of nitrogens with zero attached hydrogens (tertiary/aromatic N) is 13. The first-order valence-corrected chi connectivity index (χ1v) is 49.8. The maximum atomic E-state index is 14.9. The van der Waals surface area contributed by atoms with Crippen molar-refractivity contribution in [3.05, 3.63) is 160 Å². The molecule has 2 aliphatic carbocycles. The second-order valence-corrected chi connectivity index (χ2v) is 39.0. The summed E-state index contributed by atoms with van der Waals surface area (Å²) in [4.78, 5) is 157. The SMILES string of the molecule is CO[C@H]1C[C@@H]2CC[C@@H](C)[C@@](O)(O2)C(=O)C(=O)N2CCCC[C@H]2C(=O)O[C@H]([C@H](N)C[C@@H]2CC[C@@H](OC(=O)NCCOCCC(=O)NCc3cnc(N4CCN(C(=O)CCOCCN5CCN(c6cnc(C(=O)C7CCc8cc(CC9N=C(c%10ccc%11oc(N)nc%11c%10)c%10c(N)ncnc%109)ccc8C7)nc6)CC5)CC4)nc3)[C@H](OC)C2)C[C@@H](OC)[C@H](C)/C=C(\C)[C@@H](O)[C@@H](O)C(=O)[C@H](C)C[C@H](C)/C=C/C=C/C=C/1C. The van der Waals surface area contributed by atoms with Crippen molar-refractivity contribution in [3.63, 3.8) is 0 Å². The van der Waals surface area contributed by atoms with E-state index in [4.69, 9.17) is 64.5 Å². The molecule has 5 fully saturated rings. The van der Waals surface area contributed by atoms with Gasteiger partial charge in [-0.25, -0.2) is 39.5 Å². The fraction of sp³-hybridized carbons (Fsp3) is 0.592. The molecule has 141 heavy (non-hydrogen) atoms. The van der Waals surface area contributed by atoms with Crippen LogP contribution in [0.5, 0.6) is 0 Å². The van der Waals surface area contributed by atoms with Crippen LogP contribution >= 0.6 is 0 Å². The number of benzene rings is 2. The molecule has 0 radical (unpaired) electrons. The van der Waals surface area contributed by atoms with Crippen LogP contribution in [0.15, 0.2) is 125 Å². The standard InChI is InChI=1S/C103H140N18O20/c1-61-15-11-10-12-16-62(2)82(133-7)53-75-25-18-66(6)103(132,141-75)95(128)98(129)121-31-14-13-17-79(121)99(130)138-84(54-83(134-8)63(3)46-65(5)92(125)94(127)91(124)64(4)45-61)76(104)48-68-20-26-81(85(50-68)135-9)140-102(131)107-30-43-136-41-28-86(122)108-55-69-56-111-101(112-57-69)120-38-36-119(37-39-120)87(123)29-42-137-44-40-117-32-34-118(35-33-117)74-58-109-97(110-59-74)93(126)73-23-22-70-47-67(19-21-71(70)51-73)49-78-90-88(96(105)114-60-113-90)89(115-78)72-24-27-80-77(52-72)116-100(106)139-80/h10-12,15-16,19,21,24,27,46-47,52,56-61,63-64,66,68,73,75-76,78-79,81-85,92,94,125,127,132H,13-14,17-18,20,22-23,25-26,28-45,48-51,53-55,104H2,1-9H3,(H2,106,116)(H,107,131)(H,108,122)(H2,105,113,114)/b12-10+,15-11+,62-16+,65-46+/t61-,63-,64-,66-,68+,73?,75+,76-,78?,79+,81-,82+,83-,84+,85-,92-,94+,103-/m1/s1. The van der Waals surface area contributed by atoms with Gasteiger partial charge in [-0.05, 0) is 155 Å². The van der Waals surface area contributed by atoms with Crippen LogP contribution in [0.1, 0.15) is 194 Å². The summed E-state index contributed by atoms with van der Waals surface area (Å²) in [6.07, 6.45) is 18.8. The molecule has 11 N–H and O–H groups in total. The molecule has 2 unspecified atom stereocenters. The third kappa shape index (κ3) is 27.2. The summed E-state index contributed by atoms with van der Waals surface area (Å²) in [5.41, 5.74) is 29.9. The number of alkyl carbamates (subject to hydrolysis) is 1. The number of amides is 4. The normalized spacial score (nSPS) is 28.7. The van der Waals surface area contributed by atoms with Crippen molar-refractivity contribution in [3.8, 4) is 0 Å². The lowest BCUT2D eigenvalue weighted by Gasteiger charge is -2.43. The minimum atomic E-state index is -2.50. The maximum Gasteiger partial charge on any atom is 0.407 e. The van der Waals surface area contributed by atoms with Crippen LogP contribution in [0, 0.1) is 35.5 Å². The van der Waals surface area contributed by atoms with Crippen molar-refractivity contribution in [1.82, 2.24) is 60.2 Å². The predicted molar refractivity (Wildman–Crippen MR) is 525 cm³/mol. The molecule has 4 aromatic heterocycles. The highest BCUT2D eigenvalue weighted by atomic mass is 16.6. The van der Waals surface area contributed by atoms with Crippen LogP contribution in [0.3, 0.4) is 0 Å². The summed E-state index contributed by atoms with van der Waals surface area (Å²) in [5.74, 6) is -7.51. The Labute approximate surface area is 823 Å². The van der Waals surface area contributed by atoms with Crippen molar-refractivity contribution in [2.24, 2.45) is 46.2 Å². The number of hydrogen-bond donors (Lipinski definition) is 8. The Balaban J connectivity index is 0.461. The van der Waals surface area contributed by atoms with Crippen LogP contribution < -0.4 is 37.6 Å². The van der Waals surface area contributed by atoms with Crippen molar-refractivity contribution in [1.29, 1.82) is 0 Å². The number of esters is 1. The number of methoxy groups -OCH3 is 3. The molecule has 6 aromatic rings. The van der Waals surface area contributed by atoms with E-state index in [1.54, 1.807) is 58.7 Å². The van der Waals surface area contributed by atoms with E-state index in [1.807, 2.05) is 79.2 Å². The average Bonchev–Trinajstić information content (AvgIpc) is 1.61. The van der Waals surface area contributed by atoms with E-state index in [1.165, 1.54) is 31.0 Å². The Morgan fingerprint density at radius 1 is 0.695 bits per heavy atom. The van der Waals surface area contributed by atoms with Crippen LogP contribution in [0.4, 0.5) is 28.3 Å². The van der Waals surface area contributed by atoms with Crippen LogP contribution in [0.25, 0.3) is 11.1 Å². The number of piperidine rings is 1. The van der Waals surface area contributed by atoms with Crippen LogP contribution in [0.2, 0.25) is 0 Å². The maximum absolute atomic E-state index is 14.9. The molecule has 14 rings (SSSR count). The van der Waals surface area contributed by atoms with Gasteiger partial charge in [0.1, 0.15) is 48.1 Å². The number of aliphatic imine (C=N–C) groups is 1. The number of ether oxygens (including phenoxy) is 8. The summed E-state index contributed by atoms with van der Waals surface area (Å²) in [7, 11) is 4.57. The van der Waals surface area contributed by atoms with Gasteiger partial charge in [-0.3, -0.25) is 38.7 Å². The first kappa shape index (κ1) is 105.